The Morgan fingerprint density at radius 3 is 2.43 bits per heavy atom. The summed E-state index contributed by atoms with van der Waals surface area (Å²) < 4.78 is 5.01. The highest BCUT2D eigenvalue weighted by Crippen LogP contribution is 2.71. The van der Waals surface area contributed by atoms with Crippen molar-refractivity contribution in [3.8, 4) is 0 Å². The molecule has 0 aromatic heterocycles. The van der Waals surface area contributed by atoms with E-state index < -0.39 is 5.97 Å². The van der Waals surface area contributed by atoms with Gasteiger partial charge in [0.05, 0.1) is 7.11 Å². The van der Waals surface area contributed by atoms with Crippen LogP contribution < -0.4 is 0 Å². The normalized spacial score (nSPS) is 35.8. The summed E-state index contributed by atoms with van der Waals surface area (Å²) in [4.78, 5) is 23.3. The zero-order valence-electron chi connectivity index (χ0n) is 23.3. The lowest BCUT2D eigenvalue weighted by atomic mass is 9.47. The van der Waals surface area contributed by atoms with E-state index in [1.165, 1.54) is 31.9 Å². The third-order valence-electron chi connectivity index (χ3n) is 10.9. The van der Waals surface area contributed by atoms with Crippen molar-refractivity contribution in [2.24, 2.45) is 34.0 Å². The first-order chi connectivity index (χ1) is 16.3. The number of hydrogen-bond donors (Lipinski definition) is 1. The largest absolute Gasteiger partial charge is 0.478 e. The lowest BCUT2D eigenvalue weighted by Crippen LogP contribution is -2.48. The molecule has 4 heteroatoms. The van der Waals surface area contributed by atoms with E-state index >= 15 is 0 Å². The molecule has 3 aliphatic carbocycles. The van der Waals surface area contributed by atoms with Crippen LogP contribution in [0.2, 0.25) is 0 Å². The van der Waals surface area contributed by atoms with E-state index in [0.717, 1.165) is 38.5 Å². The van der Waals surface area contributed by atoms with Gasteiger partial charge in [-0.15, -0.1) is 0 Å². The van der Waals surface area contributed by atoms with Crippen LogP contribution in [-0.4, -0.2) is 24.2 Å². The lowest BCUT2D eigenvalue weighted by molar-refractivity contribution is -0.141. The van der Waals surface area contributed by atoms with E-state index in [9.17, 15) is 14.7 Å². The number of esters is 1. The van der Waals surface area contributed by atoms with Crippen molar-refractivity contribution in [3.63, 3.8) is 0 Å². The average molecular weight is 485 g/mol. The van der Waals surface area contributed by atoms with Crippen molar-refractivity contribution < 1.29 is 19.4 Å². The van der Waals surface area contributed by atoms with Gasteiger partial charge in [-0.05, 0) is 106 Å². The third-order valence-corrected chi connectivity index (χ3v) is 10.9. The zero-order valence-corrected chi connectivity index (χ0v) is 23.3. The molecule has 0 radical (unpaired) electrons. The first kappa shape index (κ1) is 27.7. The fourth-order valence-corrected chi connectivity index (χ4v) is 8.50. The molecule has 0 heterocycles. The molecule has 3 aliphatic rings. The summed E-state index contributed by atoms with van der Waals surface area (Å²) in [5.41, 5.74) is 5.43. The second-order valence-electron chi connectivity index (χ2n) is 12.5. The molecule has 0 aromatic carbocycles. The summed E-state index contributed by atoms with van der Waals surface area (Å²) in [6.07, 6.45) is 12.1. The van der Waals surface area contributed by atoms with E-state index in [-0.39, 0.29) is 22.2 Å². The molecule has 1 N–H and O–H groups in total. The number of methoxy groups -OCH3 is 1. The van der Waals surface area contributed by atoms with Gasteiger partial charge in [-0.25, -0.2) is 4.79 Å². The number of carboxylic acids is 1. The Labute approximate surface area is 213 Å². The van der Waals surface area contributed by atoms with E-state index in [1.807, 2.05) is 6.08 Å². The van der Waals surface area contributed by atoms with Crippen molar-refractivity contribution in [2.75, 3.05) is 7.11 Å². The number of carbonyl (C=O) groups is 2. The van der Waals surface area contributed by atoms with Gasteiger partial charge in [0.15, 0.2) is 0 Å². The minimum Gasteiger partial charge on any atom is -0.478 e. The summed E-state index contributed by atoms with van der Waals surface area (Å²) in [5.74, 6) is 0.706. The monoisotopic (exact) mass is 484 g/mol. The predicted octanol–water partition coefficient (Wildman–Crippen LogP) is 7.89. The molecular formula is C31H48O4. The van der Waals surface area contributed by atoms with Gasteiger partial charge < -0.3 is 9.84 Å². The van der Waals surface area contributed by atoms with Gasteiger partial charge in [0.1, 0.15) is 0 Å². The third kappa shape index (κ3) is 4.79. The number of hydrogen-bond acceptors (Lipinski definition) is 3. The Morgan fingerprint density at radius 1 is 1.14 bits per heavy atom. The van der Waals surface area contributed by atoms with Gasteiger partial charge in [0.2, 0.25) is 0 Å². The van der Waals surface area contributed by atoms with Crippen molar-refractivity contribution in [3.05, 3.63) is 34.9 Å². The summed E-state index contributed by atoms with van der Waals surface area (Å²) >= 11 is 0. The molecule has 35 heavy (non-hydrogen) atoms. The molecule has 0 saturated heterocycles. The summed E-state index contributed by atoms with van der Waals surface area (Å²) in [6.45, 7) is 18.1. The fraction of sp³-hybridized carbons (Fsp3) is 0.742. The summed E-state index contributed by atoms with van der Waals surface area (Å²) in [7, 11) is 1.48. The second kappa shape index (κ2) is 10.3. The van der Waals surface area contributed by atoms with Crippen LogP contribution in [0.5, 0.6) is 0 Å². The van der Waals surface area contributed by atoms with Gasteiger partial charge in [0, 0.05) is 12.0 Å². The van der Waals surface area contributed by atoms with Crippen LogP contribution in [0, 0.1) is 34.0 Å². The molecule has 6 atom stereocenters. The van der Waals surface area contributed by atoms with E-state index in [1.54, 1.807) is 18.1 Å². The first-order valence-electron chi connectivity index (χ1n) is 13.7. The number of carboxylic acid groups (broad SMARTS) is 1. The summed E-state index contributed by atoms with van der Waals surface area (Å²) in [6, 6.07) is 0. The molecule has 0 unspecified atom stereocenters. The van der Waals surface area contributed by atoms with E-state index in [2.05, 4.69) is 41.2 Å². The number of rotatable bonds is 9. The smallest absolute Gasteiger partial charge is 0.330 e. The minimum absolute atomic E-state index is 0.0270. The molecule has 0 amide bonds. The topological polar surface area (TPSA) is 63.6 Å². The van der Waals surface area contributed by atoms with Crippen LogP contribution >= 0.6 is 0 Å². The number of ether oxygens (including phenoxy) is 1. The van der Waals surface area contributed by atoms with Crippen molar-refractivity contribution in [2.45, 2.75) is 106 Å². The fourth-order valence-electron chi connectivity index (χ4n) is 8.50. The van der Waals surface area contributed by atoms with Crippen LogP contribution in [0.4, 0.5) is 0 Å². The number of carbonyl (C=O) groups excluding carboxylic acids is 1. The Morgan fingerprint density at radius 2 is 1.83 bits per heavy atom. The average Bonchev–Trinajstić information content (AvgIpc) is 3.08. The Bertz CT molecular complexity index is 926. The quantitative estimate of drug-likeness (QED) is 0.205. The van der Waals surface area contributed by atoms with E-state index in [4.69, 9.17) is 4.74 Å². The number of aliphatic carboxylic acids is 1. The molecule has 4 nitrogen and oxygen atoms in total. The van der Waals surface area contributed by atoms with Crippen LogP contribution in [-0.2, 0) is 14.3 Å². The van der Waals surface area contributed by atoms with Crippen molar-refractivity contribution in [1.29, 1.82) is 0 Å². The molecule has 1 saturated carbocycles. The number of fused-ring (bicyclic) bond motifs is 2. The molecule has 0 bridgehead atoms. The maximum atomic E-state index is 12.1. The van der Waals surface area contributed by atoms with E-state index in [0.29, 0.717) is 29.7 Å². The molecule has 3 rings (SSSR count). The zero-order chi connectivity index (χ0) is 26.2. The van der Waals surface area contributed by atoms with Gasteiger partial charge in [-0.3, -0.25) is 4.79 Å². The van der Waals surface area contributed by atoms with Crippen LogP contribution in [0.3, 0.4) is 0 Å². The second-order valence-corrected chi connectivity index (χ2v) is 12.5. The maximum absolute atomic E-state index is 12.1. The lowest BCUT2D eigenvalue weighted by Gasteiger charge is -2.57. The standard InChI is InChI=1S/C31H48O4/c1-20(2)23-12-13-26-25(29(23,5)17-16-27(32)35-8)15-19-30(6)24(14-18-31(26,30)7)21(3)10-9-11-22(4)28(33)34/h11,21,23-24H,1,9-10,12-19H2,2-8H3,(H,33,34)/t21-,23+,24-,29+,30-,31+/m1/s1. The maximum Gasteiger partial charge on any atom is 0.330 e. The summed E-state index contributed by atoms with van der Waals surface area (Å²) in [5, 5.41) is 9.17. The molecule has 1 fully saturated rings. The first-order valence-corrected chi connectivity index (χ1v) is 13.7. The minimum atomic E-state index is -0.814. The van der Waals surface area contributed by atoms with Gasteiger partial charge >= 0.3 is 11.9 Å². The Balaban J connectivity index is 1.90. The SMILES string of the molecule is C=C(C)[C@@H]1CCC2=C(CC[C@]3(C)[C@@H]([C@H](C)CCC=C(C)C(=O)O)CC[C@@]23C)[C@@]1(C)CCC(=O)OC. The molecule has 0 aliphatic heterocycles. The van der Waals surface area contributed by atoms with Crippen LogP contribution in [0.15, 0.2) is 34.9 Å². The Kier molecular flexibility index (Phi) is 8.13. The number of allylic oxidation sites excluding steroid dienone is 4. The molecular weight excluding hydrogens is 436 g/mol. The van der Waals surface area contributed by atoms with Crippen LogP contribution in [0.1, 0.15) is 106 Å². The molecule has 0 spiro atoms. The Hall–Kier alpha value is -1.84. The van der Waals surface area contributed by atoms with Crippen molar-refractivity contribution >= 4 is 11.9 Å². The highest BCUT2D eigenvalue weighted by atomic mass is 16.5. The molecule has 196 valence electrons. The van der Waals surface area contributed by atoms with Gasteiger partial charge in [0.25, 0.3) is 0 Å². The molecule has 0 aromatic rings. The van der Waals surface area contributed by atoms with Crippen LogP contribution in [0.25, 0.3) is 0 Å². The van der Waals surface area contributed by atoms with Gasteiger partial charge in [-0.2, -0.15) is 0 Å². The highest BCUT2D eigenvalue weighted by molar-refractivity contribution is 5.85. The van der Waals surface area contributed by atoms with Gasteiger partial charge in [-0.1, -0.05) is 57.1 Å². The predicted molar refractivity (Wildman–Crippen MR) is 142 cm³/mol. The highest BCUT2D eigenvalue weighted by Gasteiger charge is 2.61. The van der Waals surface area contributed by atoms with Crippen molar-refractivity contribution in [1.82, 2.24) is 0 Å².